The third-order valence-corrected chi connectivity index (χ3v) is 5.83. The van der Waals surface area contributed by atoms with Crippen molar-refractivity contribution in [2.24, 2.45) is 0 Å². The van der Waals surface area contributed by atoms with E-state index in [1.54, 1.807) is 45.4 Å². The van der Waals surface area contributed by atoms with E-state index in [2.05, 4.69) is 0 Å². The van der Waals surface area contributed by atoms with Gasteiger partial charge in [0.25, 0.3) is 5.91 Å². The van der Waals surface area contributed by atoms with E-state index >= 15 is 0 Å². The van der Waals surface area contributed by atoms with Crippen LogP contribution in [0.1, 0.15) is 28.4 Å². The van der Waals surface area contributed by atoms with Crippen molar-refractivity contribution in [3.63, 3.8) is 0 Å². The van der Waals surface area contributed by atoms with Crippen molar-refractivity contribution in [1.82, 2.24) is 4.90 Å². The second kappa shape index (κ2) is 7.95. The number of ether oxygens (including phenoxy) is 3. The Balaban J connectivity index is 1.61. The minimum atomic E-state index is -0.393. The molecule has 2 aliphatic rings. The van der Waals surface area contributed by atoms with E-state index < -0.39 is 5.97 Å². The van der Waals surface area contributed by atoms with E-state index in [0.29, 0.717) is 47.4 Å². The molecular weight excluding hydrogens is 404 g/mol. The van der Waals surface area contributed by atoms with Crippen LogP contribution < -0.4 is 14.4 Å². The van der Waals surface area contributed by atoms with Crippen LogP contribution in [0.3, 0.4) is 0 Å². The molecule has 1 saturated heterocycles. The van der Waals surface area contributed by atoms with Gasteiger partial charge in [-0.15, -0.1) is 0 Å². The minimum Gasteiger partial charge on any atom is -0.493 e. The average molecular weight is 426 g/mol. The molecular formula is C22H22N2O5S. The predicted molar refractivity (Wildman–Crippen MR) is 115 cm³/mol. The number of methoxy groups -OCH3 is 2. The summed E-state index contributed by atoms with van der Waals surface area (Å²) in [7, 11) is 3.19. The van der Waals surface area contributed by atoms with Crippen LogP contribution in [0.2, 0.25) is 0 Å². The van der Waals surface area contributed by atoms with Crippen molar-refractivity contribution in [1.29, 1.82) is 0 Å². The zero-order valence-electron chi connectivity index (χ0n) is 17.0. The maximum atomic E-state index is 13.2. The summed E-state index contributed by atoms with van der Waals surface area (Å²) in [4.78, 5) is 28.6. The van der Waals surface area contributed by atoms with Crippen LogP contribution in [-0.4, -0.2) is 48.8 Å². The van der Waals surface area contributed by atoms with Crippen LogP contribution in [0.25, 0.3) is 0 Å². The zero-order chi connectivity index (χ0) is 21.4. The van der Waals surface area contributed by atoms with Gasteiger partial charge in [0.2, 0.25) is 0 Å². The van der Waals surface area contributed by atoms with Crippen molar-refractivity contribution in [2.75, 3.05) is 25.7 Å². The fourth-order valence-electron chi connectivity index (χ4n) is 3.90. The lowest BCUT2D eigenvalue weighted by Gasteiger charge is -2.31. The van der Waals surface area contributed by atoms with E-state index in [-0.39, 0.29) is 11.9 Å². The fourth-order valence-corrected chi connectivity index (χ4v) is 4.29. The summed E-state index contributed by atoms with van der Waals surface area (Å²) in [6.07, 6.45) is 0.534. The van der Waals surface area contributed by atoms with Gasteiger partial charge in [-0.1, -0.05) is 0 Å². The molecule has 30 heavy (non-hydrogen) atoms. The summed E-state index contributed by atoms with van der Waals surface area (Å²) in [6.45, 7) is 2.58. The molecule has 1 amide bonds. The monoisotopic (exact) mass is 426 g/mol. The Morgan fingerprint density at radius 2 is 1.73 bits per heavy atom. The number of esters is 1. The number of carbonyl (C=O) groups is 2. The van der Waals surface area contributed by atoms with E-state index in [0.717, 1.165) is 11.1 Å². The molecule has 0 unspecified atom stereocenters. The van der Waals surface area contributed by atoms with Gasteiger partial charge in [-0.25, -0.2) is 4.79 Å². The van der Waals surface area contributed by atoms with Crippen LogP contribution in [0.15, 0.2) is 36.4 Å². The lowest BCUT2D eigenvalue weighted by molar-refractivity contribution is -0.120. The molecule has 1 atom stereocenters. The first-order valence-corrected chi connectivity index (χ1v) is 10.0. The van der Waals surface area contributed by atoms with Gasteiger partial charge in [0.15, 0.2) is 16.6 Å². The highest BCUT2D eigenvalue weighted by atomic mass is 32.1. The van der Waals surface area contributed by atoms with Gasteiger partial charge < -0.3 is 19.1 Å². The molecule has 0 N–H and O–H groups in total. The molecule has 0 radical (unpaired) electrons. The lowest BCUT2D eigenvalue weighted by atomic mass is 9.94. The number of hydrogen-bond acceptors (Lipinski definition) is 6. The Morgan fingerprint density at radius 3 is 2.33 bits per heavy atom. The normalized spacial score (nSPS) is 17.5. The summed E-state index contributed by atoms with van der Waals surface area (Å²) in [5.74, 6) is 0.821. The van der Waals surface area contributed by atoms with Crippen molar-refractivity contribution < 1.29 is 23.8 Å². The van der Waals surface area contributed by atoms with Crippen LogP contribution >= 0.6 is 12.2 Å². The second-order valence-corrected chi connectivity index (χ2v) is 7.41. The van der Waals surface area contributed by atoms with E-state index in [4.69, 9.17) is 26.4 Å². The van der Waals surface area contributed by atoms with Crippen LogP contribution in [0, 0.1) is 0 Å². The first kappa shape index (κ1) is 20.2. The molecule has 7 nitrogen and oxygen atoms in total. The first-order valence-electron chi connectivity index (χ1n) is 9.64. The molecule has 1 fully saturated rings. The fraction of sp³-hybridized carbons (Fsp3) is 0.318. The maximum absolute atomic E-state index is 13.2. The molecule has 156 valence electrons. The minimum absolute atomic E-state index is 0.0793. The summed E-state index contributed by atoms with van der Waals surface area (Å²) in [5.41, 5.74) is 3.16. The number of amides is 1. The molecule has 2 heterocycles. The molecule has 0 aromatic heterocycles. The quantitative estimate of drug-likeness (QED) is 0.538. The van der Waals surface area contributed by atoms with Crippen LogP contribution in [-0.2, 0) is 22.5 Å². The number of thiocarbonyl (C=S) groups is 1. The van der Waals surface area contributed by atoms with Crippen molar-refractivity contribution in [3.05, 3.63) is 53.1 Å². The molecule has 0 saturated carbocycles. The van der Waals surface area contributed by atoms with E-state index in [9.17, 15) is 9.59 Å². The van der Waals surface area contributed by atoms with Crippen LogP contribution in [0.4, 0.5) is 5.69 Å². The lowest BCUT2D eigenvalue weighted by Crippen LogP contribution is -2.40. The number of benzene rings is 2. The molecule has 0 bridgehead atoms. The molecule has 2 aliphatic heterocycles. The van der Waals surface area contributed by atoms with E-state index in [1.165, 1.54) is 4.90 Å². The highest BCUT2D eigenvalue weighted by molar-refractivity contribution is 7.80. The van der Waals surface area contributed by atoms with Crippen molar-refractivity contribution in [3.8, 4) is 11.5 Å². The average Bonchev–Trinajstić information content (AvgIpc) is 3.00. The van der Waals surface area contributed by atoms with Gasteiger partial charge in [-0.05, 0) is 66.7 Å². The summed E-state index contributed by atoms with van der Waals surface area (Å²) in [6, 6.07) is 10.2. The Hall–Kier alpha value is -3.13. The highest BCUT2D eigenvalue weighted by Crippen LogP contribution is 2.38. The Bertz CT molecular complexity index is 970. The number of fused-ring (bicyclic) bond motifs is 2. The Kier molecular flexibility index (Phi) is 5.34. The van der Waals surface area contributed by atoms with E-state index in [1.807, 2.05) is 17.0 Å². The topological polar surface area (TPSA) is 68.3 Å². The number of hydrogen-bond donors (Lipinski definition) is 0. The second-order valence-electron chi connectivity index (χ2n) is 7.05. The summed E-state index contributed by atoms with van der Waals surface area (Å²) >= 11 is 5.65. The third kappa shape index (κ3) is 3.27. The molecule has 2 aromatic rings. The largest absolute Gasteiger partial charge is 0.493 e. The molecule has 8 heteroatoms. The predicted octanol–water partition coefficient (Wildman–Crippen LogP) is 2.94. The Labute approximate surface area is 180 Å². The van der Waals surface area contributed by atoms with Gasteiger partial charge in [-0.3, -0.25) is 9.69 Å². The zero-order valence-corrected chi connectivity index (χ0v) is 17.8. The highest BCUT2D eigenvalue weighted by Gasteiger charge is 2.45. The smallest absolute Gasteiger partial charge is 0.338 e. The summed E-state index contributed by atoms with van der Waals surface area (Å²) < 4.78 is 15.8. The number of rotatable bonds is 5. The Morgan fingerprint density at radius 1 is 1.10 bits per heavy atom. The first-order chi connectivity index (χ1) is 14.5. The number of anilines is 1. The SMILES string of the molecule is CCOC(=O)c1ccc(N2C(=O)[C@@H]3Cc4cc(OC)c(OC)cc4CN3C2=S)cc1. The van der Waals surface area contributed by atoms with Gasteiger partial charge >= 0.3 is 5.97 Å². The van der Waals surface area contributed by atoms with Crippen molar-refractivity contribution in [2.45, 2.75) is 25.9 Å². The molecule has 2 aromatic carbocycles. The van der Waals surface area contributed by atoms with Crippen LogP contribution in [0.5, 0.6) is 11.5 Å². The van der Waals surface area contributed by atoms with Gasteiger partial charge in [0, 0.05) is 13.0 Å². The van der Waals surface area contributed by atoms with Gasteiger partial charge in [0.05, 0.1) is 32.1 Å². The van der Waals surface area contributed by atoms with Gasteiger partial charge in [-0.2, -0.15) is 0 Å². The molecule has 0 aliphatic carbocycles. The van der Waals surface area contributed by atoms with Gasteiger partial charge in [0.1, 0.15) is 6.04 Å². The number of nitrogens with zero attached hydrogens (tertiary/aromatic N) is 2. The molecule has 0 spiro atoms. The summed E-state index contributed by atoms with van der Waals surface area (Å²) in [5, 5.41) is 0.453. The number of carbonyl (C=O) groups excluding carboxylic acids is 2. The van der Waals surface area contributed by atoms with Crippen molar-refractivity contribution >= 4 is 34.9 Å². The standard InChI is InChI=1S/C22H22N2O5S/c1-4-29-21(26)13-5-7-16(8-6-13)24-20(25)17-9-14-10-18(27-2)19(28-3)11-15(14)12-23(17)22(24)30/h5-8,10-11,17H,4,9,12H2,1-3H3/t17-/m0/s1. The molecule has 4 rings (SSSR count). The maximum Gasteiger partial charge on any atom is 0.338 e. The third-order valence-electron chi connectivity index (χ3n) is 5.42.